The Kier molecular flexibility index (Phi) is 6.38. The van der Waals surface area contributed by atoms with Crippen molar-refractivity contribution in [2.45, 2.75) is 10.8 Å². The van der Waals surface area contributed by atoms with Crippen LogP contribution in [0.3, 0.4) is 0 Å². The van der Waals surface area contributed by atoms with E-state index in [1.54, 1.807) is 6.07 Å². The quantitative estimate of drug-likeness (QED) is 0.365. The number of nitrogens with one attached hydrogen (secondary N) is 2. The van der Waals surface area contributed by atoms with Crippen LogP contribution in [0.4, 0.5) is 0 Å². The summed E-state index contributed by atoms with van der Waals surface area (Å²) in [5.41, 5.74) is 9.14. The van der Waals surface area contributed by atoms with Gasteiger partial charge in [0.2, 0.25) is 5.91 Å². The van der Waals surface area contributed by atoms with Crippen LogP contribution in [0.5, 0.6) is 0 Å². The van der Waals surface area contributed by atoms with Crippen LogP contribution < -0.4 is 11.1 Å². The number of rotatable bonds is 8. The second-order valence-corrected chi connectivity index (χ2v) is 8.23. The number of H-pyrrole nitrogens is 1. The Morgan fingerprint density at radius 2 is 1.65 bits per heavy atom. The van der Waals surface area contributed by atoms with E-state index in [2.05, 4.69) is 28.5 Å². The number of aromatic nitrogens is 1. The monoisotopic (exact) mass is 429 g/mol. The summed E-state index contributed by atoms with van der Waals surface area (Å²) in [6.45, 7) is 0.444. The molecule has 0 aliphatic rings. The molecule has 0 aliphatic carbocycles. The number of benzene rings is 3. The third-order valence-corrected chi connectivity index (χ3v) is 6.26. The van der Waals surface area contributed by atoms with Crippen molar-refractivity contribution in [3.8, 4) is 0 Å². The number of para-hydroxylation sites is 1. The van der Waals surface area contributed by atoms with E-state index in [1.807, 2.05) is 60.8 Å². The van der Waals surface area contributed by atoms with Crippen LogP contribution in [0, 0.1) is 0 Å². The highest BCUT2D eigenvalue weighted by atomic mass is 32.2. The minimum atomic E-state index is -0.413. The molecule has 0 saturated carbocycles. The Morgan fingerprint density at radius 3 is 2.45 bits per heavy atom. The van der Waals surface area contributed by atoms with E-state index >= 15 is 0 Å². The van der Waals surface area contributed by atoms with E-state index in [4.69, 9.17) is 5.73 Å². The lowest BCUT2D eigenvalue weighted by Crippen LogP contribution is -2.29. The summed E-state index contributed by atoms with van der Waals surface area (Å²) >= 11 is 1.27. The van der Waals surface area contributed by atoms with Gasteiger partial charge in [0.1, 0.15) is 0 Å². The van der Waals surface area contributed by atoms with Crippen molar-refractivity contribution in [2.24, 2.45) is 5.73 Å². The topological polar surface area (TPSA) is 88.0 Å². The Balaban J connectivity index is 1.59. The van der Waals surface area contributed by atoms with Crippen molar-refractivity contribution < 1.29 is 9.59 Å². The molecule has 1 atom stereocenters. The van der Waals surface area contributed by atoms with Crippen molar-refractivity contribution in [1.82, 2.24) is 10.3 Å². The van der Waals surface area contributed by atoms with E-state index in [0.717, 1.165) is 26.9 Å². The van der Waals surface area contributed by atoms with Gasteiger partial charge in [0.15, 0.2) is 0 Å². The SMILES string of the molecule is NC(=O)CSc1ccccc1C(=O)NCC(c1ccccc1)c1c[nH]c2ccccc12. The van der Waals surface area contributed by atoms with Crippen LogP contribution in [0.25, 0.3) is 10.9 Å². The molecule has 1 unspecified atom stereocenters. The summed E-state index contributed by atoms with van der Waals surface area (Å²) in [4.78, 5) is 28.3. The van der Waals surface area contributed by atoms with Gasteiger partial charge < -0.3 is 16.0 Å². The maximum atomic E-state index is 13.0. The molecule has 0 spiro atoms. The number of amides is 2. The summed E-state index contributed by atoms with van der Waals surface area (Å²) in [7, 11) is 0. The van der Waals surface area contributed by atoms with Crippen molar-refractivity contribution in [3.05, 3.63) is 102 Å². The number of hydrogen-bond acceptors (Lipinski definition) is 3. The first-order valence-corrected chi connectivity index (χ1v) is 11.0. The fourth-order valence-electron chi connectivity index (χ4n) is 3.69. The smallest absolute Gasteiger partial charge is 0.252 e. The maximum Gasteiger partial charge on any atom is 0.252 e. The average molecular weight is 430 g/mol. The number of aromatic amines is 1. The van der Waals surface area contributed by atoms with Crippen LogP contribution >= 0.6 is 11.8 Å². The van der Waals surface area contributed by atoms with Gasteiger partial charge in [-0.15, -0.1) is 11.8 Å². The number of hydrogen-bond donors (Lipinski definition) is 3. The van der Waals surface area contributed by atoms with Gasteiger partial charge in [-0.1, -0.05) is 60.7 Å². The fourth-order valence-corrected chi connectivity index (χ4v) is 4.48. The number of primary amides is 1. The maximum absolute atomic E-state index is 13.0. The average Bonchev–Trinajstić information content (AvgIpc) is 3.22. The minimum Gasteiger partial charge on any atom is -0.369 e. The van der Waals surface area contributed by atoms with E-state index in [9.17, 15) is 9.59 Å². The molecular weight excluding hydrogens is 406 g/mol. The molecule has 1 heterocycles. The lowest BCUT2D eigenvalue weighted by molar-refractivity contribution is -0.115. The highest BCUT2D eigenvalue weighted by Crippen LogP contribution is 2.30. The molecule has 0 bridgehead atoms. The molecule has 156 valence electrons. The molecule has 31 heavy (non-hydrogen) atoms. The van der Waals surface area contributed by atoms with Crippen molar-refractivity contribution in [3.63, 3.8) is 0 Å². The van der Waals surface area contributed by atoms with Crippen LogP contribution in [0.15, 0.2) is 90.0 Å². The molecule has 0 aliphatic heterocycles. The van der Waals surface area contributed by atoms with Gasteiger partial charge in [-0.2, -0.15) is 0 Å². The van der Waals surface area contributed by atoms with E-state index in [-0.39, 0.29) is 17.6 Å². The second kappa shape index (κ2) is 9.53. The van der Waals surface area contributed by atoms with Gasteiger partial charge in [0, 0.05) is 34.5 Å². The zero-order chi connectivity index (χ0) is 21.6. The van der Waals surface area contributed by atoms with Gasteiger partial charge in [-0.25, -0.2) is 0 Å². The number of carbonyl (C=O) groups excluding carboxylic acids is 2. The van der Waals surface area contributed by atoms with Gasteiger partial charge >= 0.3 is 0 Å². The van der Waals surface area contributed by atoms with Gasteiger partial charge in [0.25, 0.3) is 5.91 Å². The Labute approximate surface area is 185 Å². The molecule has 4 aromatic rings. The number of nitrogens with two attached hydrogens (primary N) is 1. The zero-order valence-corrected chi connectivity index (χ0v) is 17.7. The Morgan fingerprint density at radius 1 is 0.935 bits per heavy atom. The summed E-state index contributed by atoms with van der Waals surface area (Å²) in [6, 6.07) is 25.6. The predicted octanol–water partition coefficient (Wildman–Crippen LogP) is 4.31. The third-order valence-electron chi connectivity index (χ3n) is 5.17. The summed E-state index contributed by atoms with van der Waals surface area (Å²) in [6.07, 6.45) is 2.02. The number of fused-ring (bicyclic) bond motifs is 1. The van der Waals surface area contributed by atoms with Gasteiger partial charge in [-0.05, 0) is 29.3 Å². The molecule has 5 nitrogen and oxygen atoms in total. The van der Waals surface area contributed by atoms with Crippen LogP contribution in [0.2, 0.25) is 0 Å². The minimum absolute atomic E-state index is 0.00765. The van der Waals surface area contributed by atoms with E-state index in [0.29, 0.717) is 12.1 Å². The summed E-state index contributed by atoms with van der Waals surface area (Å²) < 4.78 is 0. The van der Waals surface area contributed by atoms with Crippen molar-refractivity contribution in [1.29, 1.82) is 0 Å². The summed E-state index contributed by atoms with van der Waals surface area (Å²) in [5, 5.41) is 4.24. The van der Waals surface area contributed by atoms with Crippen molar-refractivity contribution in [2.75, 3.05) is 12.3 Å². The highest BCUT2D eigenvalue weighted by Gasteiger charge is 2.20. The predicted molar refractivity (Wildman–Crippen MR) is 125 cm³/mol. The first-order chi connectivity index (χ1) is 15.1. The van der Waals surface area contributed by atoms with Gasteiger partial charge in [0.05, 0.1) is 11.3 Å². The van der Waals surface area contributed by atoms with Crippen molar-refractivity contribution >= 4 is 34.5 Å². The second-order valence-electron chi connectivity index (χ2n) is 7.21. The molecule has 4 N–H and O–H groups in total. The molecule has 1 aromatic heterocycles. The third kappa shape index (κ3) is 4.81. The normalized spacial score (nSPS) is 11.9. The molecule has 0 fully saturated rings. The molecule has 0 saturated heterocycles. The fraction of sp³-hybridized carbons (Fsp3) is 0.120. The number of carbonyl (C=O) groups is 2. The highest BCUT2D eigenvalue weighted by molar-refractivity contribution is 8.00. The van der Waals surface area contributed by atoms with Gasteiger partial charge in [-0.3, -0.25) is 9.59 Å². The molecular formula is C25H23N3O2S. The lowest BCUT2D eigenvalue weighted by atomic mass is 9.91. The molecule has 4 rings (SSSR count). The van der Waals surface area contributed by atoms with Crippen LogP contribution in [0.1, 0.15) is 27.4 Å². The van der Waals surface area contributed by atoms with Crippen LogP contribution in [-0.2, 0) is 4.79 Å². The molecule has 0 radical (unpaired) electrons. The standard InChI is InChI=1S/C25H23N3O2S/c26-24(29)16-31-23-13-7-5-11-19(23)25(30)28-14-20(17-8-2-1-3-9-17)21-15-27-22-12-6-4-10-18(21)22/h1-13,15,20,27H,14,16H2,(H2,26,29)(H,28,30). The zero-order valence-electron chi connectivity index (χ0n) is 16.9. The first-order valence-electron chi connectivity index (χ1n) is 10.0. The van der Waals surface area contributed by atoms with E-state index < -0.39 is 5.91 Å². The summed E-state index contributed by atoms with van der Waals surface area (Å²) in [5.74, 6) is -0.463. The van der Waals surface area contributed by atoms with E-state index in [1.165, 1.54) is 11.8 Å². The first kappa shape index (κ1) is 20.8. The molecule has 3 aromatic carbocycles. The van der Waals surface area contributed by atoms with Crippen LogP contribution in [-0.4, -0.2) is 29.1 Å². The molecule has 2 amide bonds. The molecule has 6 heteroatoms. The Bertz CT molecular complexity index is 1200. The Hall–Kier alpha value is -3.51. The number of thioether (sulfide) groups is 1. The largest absolute Gasteiger partial charge is 0.369 e. The lowest BCUT2D eigenvalue weighted by Gasteiger charge is -2.19.